The molecule has 2 aliphatic rings. The second-order valence-electron chi connectivity index (χ2n) is 4.26. The fourth-order valence-electron chi connectivity index (χ4n) is 2.30. The average Bonchev–Trinajstić information content (AvgIpc) is 2.51. The highest BCUT2D eigenvalue weighted by molar-refractivity contribution is 5.79. The molecular formula is C11H13N3O2. The monoisotopic (exact) mass is 219 g/mol. The number of fused-ring (bicyclic) bond motifs is 2. The number of anilines is 1. The molecule has 1 atom stereocenters. The number of pyridine rings is 1. The summed E-state index contributed by atoms with van der Waals surface area (Å²) in [6, 6.07) is 2.03. The molecule has 0 bridgehead atoms. The molecule has 1 amide bonds. The lowest BCUT2D eigenvalue weighted by atomic mass is 10.2. The predicted molar refractivity (Wildman–Crippen MR) is 57.7 cm³/mol. The summed E-state index contributed by atoms with van der Waals surface area (Å²) in [5.41, 5.74) is 7.19. The van der Waals surface area contributed by atoms with E-state index in [0.717, 1.165) is 12.0 Å². The first-order valence-electron chi connectivity index (χ1n) is 5.41. The number of nitrogen functional groups attached to an aromatic ring is 1. The number of nitrogens with two attached hydrogens (primary N) is 1. The standard InChI is InChI=1S/C11H13N3O2/c12-8-3-7-5-14-9(1-2-10(14)15)6-16-11(7)13-4-8/h3-4,9H,1-2,5-6,12H2/t9-/m0/s1. The van der Waals surface area contributed by atoms with Crippen molar-refractivity contribution in [3.8, 4) is 5.88 Å². The molecule has 5 nitrogen and oxygen atoms in total. The highest BCUT2D eigenvalue weighted by Gasteiger charge is 2.34. The molecular weight excluding hydrogens is 206 g/mol. The Kier molecular flexibility index (Phi) is 1.99. The molecule has 0 aliphatic carbocycles. The van der Waals surface area contributed by atoms with Crippen LogP contribution >= 0.6 is 0 Å². The number of hydrogen-bond acceptors (Lipinski definition) is 4. The number of aromatic nitrogens is 1. The topological polar surface area (TPSA) is 68.5 Å². The molecule has 3 rings (SSSR count). The number of ether oxygens (including phenoxy) is 1. The summed E-state index contributed by atoms with van der Waals surface area (Å²) in [5.74, 6) is 0.806. The molecule has 2 N–H and O–H groups in total. The van der Waals surface area contributed by atoms with Crippen molar-refractivity contribution < 1.29 is 9.53 Å². The molecule has 0 unspecified atom stereocenters. The first kappa shape index (κ1) is 9.45. The van der Waals surface area contributed by atoms with E-state index in [0.29, 0.717) is 31.1 Å². The second-order valence-corrected chi connectivity index (χ2v) is 4.26. The fourth-order valence-corrected chi connectivity index (χ4v) is 2.30. The van der Waals surface area contributed by atoms with Crippen LogP contribution in [0.1, 0.15) is 18.4 Å². The molecule has 5 heteroatoms. The van der Waals surface area contributed by atoms with Crippen LogP contribution in [0, 0.1) is 0 Å². The lowest BCUT2D eigenvalue weighted by molar-refractivity contribution is -0.129. The Hall–Kier alpha value is -1.78. The maximum absolute atomic E-state index is 11.7. The van der Waals surface area contributed by atoms with E-state index in [-0.39, 0.29) is 11.9 Å². The van der Waals surface area contributed by atoms with Gasteiger partial charge in [0, 0.05) is 12.0 Å². The molecule has 1 fully saturated rings. The summed E-state index contributed by atoms with van der Waals surface area (Å²) in [5, 5.41) is 0. The predicted octanol–water partition coefficient (Wildman–Crippen LogP) is 0.547. The Morgan fingerprint density at radius 3 is 3.31 bits per heavy atom. The van der Waals surface area contributed by atoms with Gasteiger partial charge in [-0.25, -0.2) is 4.98 Å². The minimum absolute atomic E-state index is 0.197. The van der Waals surface area contributed by atoms with Gasteiger partial charge < -0.3 is 15.4 Å². The van der Waals surface area contributed by atoms with Crippen LogP contribution in [0.15, 0.2) is 12.3 Å². The van der Waals surface area contributed by atoms with E-state index in [9.17, 15) is 4.79 Å². The Morgan fingerprint density at radius 2 is 2.44 bits per heavy atom. The van der Waals surface area contributed by atoms with Crippen LogP contribution in [-0.4, -0.2) is 28.4 Å². The molecule has 16 heavy (non-hydrogen) atoms. The fraction of sp³-hybridized carbons (Fsp3) is 0.455. The Labute approximate surface area is 93.2 Å². The number of amides is 1. The highest BCUT2D eigenvalue weighted by Crippen LogP contribution is 2.29. The highest BCUT2D eigenvalue weighted by atomic mass is 16.5. The molecule has 84 valence electrons. The molecule has 0 spiro atoms. The maximum atomic E-state index is 11.7. The first-order chi connectivity index (χ1) is 7.74. The summed E-state index contributed by atoms with van der Waals surface area (Å²) in [6.07, 6.45) is 3.08. The minimum atomic E-state index is 0.197. The number of hydrogen-bond donors (Lipinski definition) is 1. The smallest absolute Gasteiger partial charge is 0.223 e. The van der Waals surface area contributed by atoms with Crippen LogP contribution in [0.4, 0.5) is 5.69 Å². The van der Waals surface area contributed by atoms with Crippen LogP contribution in [0.25, 0.3) is 0 Å². The quantitative estimate of drug-likeness (QED) is 0.691. The number of carbonyl (C=O) groups excluding carboxylic acids is 1. The molecule has 0 aromatic carbocycles. The van der Waals surface area contributed by atoms with Crippen molar-refractivity contribution in [1.29, 1.82) is 0 Å². The first-order valence-corrected chi connectivity index (χ1v) is 5.41. The summed E-state index contributed by atoms with van der Waals surface area (Å²) in [6.45, 7) is 1.10. The van der Waals surface area contributed by atoms with Gasteiger partial charge in [0.25, 0.3) is 0 Å². The summed E-state index contributed by atoms with van der Waals surface area (Å²) >= 11 is 0. The number of rotatable bonds is 0. The maximum Gasteiger partial charge on any atom is 0.223 e. The van der Waals surface area contributed by atoms with E-state index >= 15 is 0 Å². The molecule has 0 radical (unpaired) electrons. The van der Waals surface area contributed by atoms with Crippen molar-refractivity contribution in [2.75, 3.05) is 12.3 Å². The Balaban J connectivity index is 1.97. The van der Waals surface area contributed by atoms with E-state index in [2.05, 4.69) is 4.98 Å². The van der Waals surface area contributed by atoms with Crippen molar-refractivity contribution in [3.63, 3.8) is 0 Å². The van der Waals surface area contributed by atoms with Gasteiger partial charge in [0.05, 0.1) is 24.5 Å². The van der Waals surface area contributed by atoms with Gasteiger partial charge in [0.15, 0.2) is 0 Å². The molecule has 0 saturated carbocycles. The normalized spacial score (nSPS) is 23.4. The van der Waals surface area contributed by atoms with Gasteiger partial charge in [-0.05, 0) is 12.5 Å². The van der Waals surface area contributed by atoms with E-state index < -0.39 is 0 Å². The second kappa shape index (κ2) is 3.37. The van der Waals surface area contributed by atoms with Gasteiger partial charge >= 0.3 is 0 Å². The van der Waals surface area contributed by atoms with Gasteiger partial charge in [0.1, 0.15) is 6.61 Å². The van der Waals surface area contributed by atoms with Crippen LogP contribution in [0.3, 0.4) is 0 Å². The van der Waals surface area contributed by atoms with Gasteiger partial charge in [-0.2, -0.15) is 0 Å². The van der Waals surface area contributed by atoms with Crippen LogP contribution < -0.4 is 10.5 Å². The van der Waals surface area contributed by atoms with Crippen molar-refractivity contribution in [3.05, 3.63) is 17.8 Å². The van der Waals surface area contributed by atoms with Crippen LogP contribution in [0.5, 0.6) is 5.88 Å². The van der Waals surface area contributed by atoms with Crippen molar-refractivity contribution in [1.82, 2.24) is 9.88 Å². The minimum Gasteiger partial charge on any atom is -0.475 e. The molecule has 3 heterocycles. The van der Waals surface area contributed by atoms with E-state index in [1.54, 1.807) is 6.20 Å². The summed E-state index contributed by atoms with van der Waals surface area (Å²) in [4.78, 5) is 17.7. The SMILES string of the molecule is Nc1cnc2c(c1)CN1C(=O)CC[C@H]1CO2. The van der Waals surface area contributed by atoms with E-state index in [1.807, 2.05) is 11.0 Å². The van der Waals surface area contributed by atoms with Crippen LogP contribution in [0.2, 0.25) is 0 Å². The summed E-state index contributed by atoms with van der Waals surface area (Å²) in [7, 11) is 0. The van der Waals surface area contributed by atoms with Gasteiger partial charge in [-0.1, -0.05) is 0 Å². The lowest BCUT2D eigenvalue weighted by Crippen LogP contribution is -2.34. The third-order valence-electron chi connectivity index (χ3n) is 3.15. The summed E-state index contributed by atoms with van der Waals surface area (Å²) < 4.78 is 5.61. The van der Waals surface area contributed by atoms with Gasteiger partial charge in [0.2, 0.25) is 11.8 Å². The molecule has 1 aromatic rings. The number of carbonyl (C=O) groups is 1. The molecule has 1 saturated heterocycles. The molecule has 2 aliphatic heterocycles. The van der Waals surface area contributed by atoms with Crippen molar-refractivity contribution >= 4 is 11.6 Å². The zero-order valence-corrected chi connectivity index (χ0v) is 8.85. The third-order valence-corrected chi connectivity index (χ3v) is 3.15. The third kappa shape index (κ3) is 1.39. The Morgan fingerprint density at radius 1 is 1.56 bits per heavy atom. The van der Waals surface area contributed by atoms with Crippen molar-refractivity contribution in [2.45, 2.75) is 25.4 Å². The zero-order valence-electron chi connectivity index (χ0n) is 8.85. The van der Waals surface area contributed by atoms with E-state index in [4.69, 9.17) is 10.5 Å². The van der Waals surface area contributed by atoms with E-state index in [1.165, 1.54) is 0 Å². The largest absolute Gasteiger partial charge is 0.475 e. The lowest BCUT2D eigenvalue weighted by Gasteiger charge is -2.20. The van der Waals surface area contributed by atoms with Crippen LogP contribution in [-0.2, 0) is 11.3 Å². The number of nitrogens with zero attached hydrogens (tertiary/aromatic N) is 2. The van der Waals surface area contributed by atoms with Crippen molar-refractivity contribution in [2.24, 2.45) is 0 Å². The van der Waals surface area contributed by atoms with Gasteiger partial charge in [-0.15, -0.1) is 0 Å². The van der Waals surface area contributed by atoms with Gasteiger partial charge in [-0.3, -0.25) is 4.79 Å². The zero-order chi connectivity index (χ0) is 11.1. The average molecular weight is 219 g/mol. The Bertz CT molecular complexity index is 447. The molecule has 1 aromatic heterocycles.